The average molecular weight is 457 g/mol. The molecule has 0 atom stereocenters. The molecule has 2 amide bonds. The lowest BCUT2D eigenvalue weighted by Crippen LogP contribution is -2.28. The van der Waals surface area contributed by atoms with Crippen LogP contribution in [0, 0.1) is 13.8 Å². The van der Waals surface area contributed by atoms with Crippen molar-refractivity contribution in [3.63, 3.8) is 0 Å². The first-order valence-corrected chi connectivity index (χ1v) is 10.8. The van der Waals surface area contributed by atoms with Gasteiger partial charge in [-0.05, 0) is 69.2 Å². The zero-order chi connectivity index (χ0) is 22.1. The number of rotatable bonds is 4. The van der Waals surface area contributed by atoms with Gasteiger partial charge in [0.25, 0.3) is 11.8 Å². The highest BCUT2D eigenvalue weighted by Crippen LogP contribution is 2.26. The molecule has 0 saturated carbocycles. The topological polar surface area (TPSA) is 67.2 Å². The van der Waals surface area contributed by atoms with E-state index in [1.165, 1.54) is 0 Å². The molecule has 1 aromatic heterocycles. The molecule has 3 aromatic rings. The van der Waals surface area contributed by atoms with Gasteiger partial charge in [-0.25, -0.2) is 4.68 Å². The van der Waals surface area contributed by atoms with Crippen LogP contribution in [0.4, 0.5) is 5.69 Å². The maximum atomic E-state index is 12.9. The van der Waals surface area contributed by atoms with Crippen molar-refractivity contribution in [1.29, 1.82) is 0 Å². The van der Waals surface area contributed by atoms with Gasteiger partial charge in [0, 0.05) is 23.7 Å². The Morgan fingerprint density at radius 1 is 1.00 bits per heavy atom. The van der Waals surface area contributed by atoms with Crippen molar-refractivity contribution in [2.24, 2.45) is 0 Å². The Balaban J connectivity index is 1.56. The molecule has 4 rings (SSSR count). The second kappa shape index (κ2) is 8.73. The molecular weight excluding hydrogens is 435 g/mol. The number of hydrogen-bond acceptors (Lipinski definition) is 3. The molecule has 160 valence electrons. The third kappa shape index (κ3) is 4.31. The Bertz CT molecular complexity index is 1150. The van der Waals surface area contributed by atoms with Crippen LogP contribution < -0.4 is 5.32 Å². The lowest BCUT2D eigenvalue weighted by molar-refractivity contribution is 0.0794. The molecule has 1 N–H and O–H groups in total. The Labute approximate surface area is 190 Å². The normalized spacial score (nSPS) is 13.5. The third-order valence-electron chi connectivity index (χ3n) is 5.43. The highest BCUT2D eigenvalue weighted by molar-refractivity contribution is 6.32. The van der Waals surface area contributed by atoms with Crippen LogP contribution >= 0.6 is 23.2 Å². The first kappa shape index (κ1) is 21.4. The number of carbonyl (C=O) groups is 2. The average Bonchev–Trinajstić information content (AvgIpc) is 3.39. The van der Waals surface area contributed by atoms with Gasteiger partial charge in [0.1, 0.15) is 0 Å². The lowest BCUT2D eigenvalue weighted by Gasteiger charge is -2.18. The number of nitrogens with one attached hydrogen (secondary N) is 1. The Morgan fingerprint density at radius 2 is 1.68 bits per heavy atom. The number of anilines is 1. The molecule has 31 heavy (non-hydrogen) atoms. The molecule has 0 aliphatic carbocycles. The van der Waals surface area contributed by atoms with Gasteiger partial charge in [0.05, 0.1) is 33.3 Å². The van der Waals surface area contributed by atoms with Crippen molar-refractivity contribution in [2.75, 3.05) is 18.4 Å². The van der Waals surface area contributed by atoms with Crippen LogP contribution in [-0.2, 0) is 0 Å². The number of likely N-dealkylation sites (tertiary alicyclic amines) is 1. The molecule has 0 spiro atoms. The van der Waals surface area contributed by atoms with E-state index in [4.69, 9.17) is 23.2 Å². The molecule has 1 saturated heterocycles. The molecule has 0 bridgehead atoms. The van der Waals surface area contributed by atoms with Gasteiger partial charge in [-0.1, -0.05) is 23.2 Å². The number of aromatic nitrogens is 2. The van der Waals surface area contributed by atoms with E-state index in [1.54, 1.807) is 52.0 Å². The van der Waals surface area contributed by atoms with Crippen molar-refractivity contribution in [2.45, 2.75) is 26.7 Å². The van der Waals surface area contributed by atoms with Gasteiger partial charge >= 0.3 is 0 Å². The van der Waals surface area contributed by atoms with E-state index in [9.17, 15) is 9.59 Å². The van der Waals surface area contributed by atoms with Crippen LogP contribution in [0.15, 0.2) is 42.5 Å². The van der Waals surface area contributed by atoms with Crippen molar-refractivity contribution in [3.8, 4) is 5.69 Å². The molecule has 0 radical (unpaired) electrons. The predicted molar refractivity (Wildman–Crippen MR) is 123 cm³/mol. The summed E-state index contributed by atoms with van der Waals surface area (Å²) in [5.41, 5.74) is 3.68. The Hall–Kier alpha value is -2.83. The first-order valence-electron chi connectivity index (χ1n) is 10.1. The first-order chi connectivity index (χ1) is 14.8. The number of benzene rings is 2. The molecule has 1 fully saturated rings. The van der Waals surface area contributed by atoms with Crippen LogP contribution in [0.2, 0.25) is 10.0 Å². The van der Waals surface area contributed by atoms with Crippen LogP contribution in [0.25, 0.3) is 5.69 Å². The summed E-state index contributed by atoms with van der Waals surface area (Å²) in [5, 5.41) is 8.34. The molecular formula is C23H22Cl2N4O2. The van der Waals surface area contributed by atoms with E-state index in [1.807, 2.05) is 13.8 Å². The smallest absolute Gasteiger partial charge is 0.255 e. The van der Waals surface area contributed by atoms with Gasteiger partial charge in [-0.15, -0.1) is 0 Å². The largest absolute Gasteiger partial charge is 0.339 e. The zero-order valence-corrected chi connectivity index (χ0v) is 18.8. The predicted octanol–water partition coefficient (Wildman–Crippen LogP) is 5.28. The monoisotopic (exact) mass is 456 g/mol. The quantitative estimate of drug-likeness (QED) is 0.580. The highest BCUT2D eigenvalue weighted by atomic mass is 35.5. The van der Waals surface area contributed by atoms with Gasteiger partial charge in [0.15, 0.2) is 0 Å². The number of aryl methyl sites for hydroxylation is 1. The minimum absolute atomic E-state index is 0.0961. The summed E-state index contributed by atoms with van der Waals surface area (Å²) in [6.45, 7) is 5.19. The third-order valence-corrected chi connectivity index (χ3v) is 6.21. The fourth-order valence-corrected chi connectivity index (χ4v) is 4.01. The van der Waals surface area contributed by atoms with E-state index in [2.05, 4.69) is 10.4 Å². The van der Waals surface area contributed by atoms with E-state index < -0.39 is 0 Å². The van der Waals surface area contributed by atoms with Crippen LogP contribution in [-0.4, -0.2) is 39.6 Å². The number of nitrogens with zero attached hydrogens (tertiary/aromatic N) is 3. The minimum Gasteiger partial charge on any atom is -0.339 e. The summed E-state index contributed by atoms with van der Waals surface area (Å²) in [6.07, 6.45) is 1.99. The zero-order valence-electron chi connectivity index (χ0n) is 17.3. The van der Waals surface area contributed by atoms with Crippen molar-refractivity contribution in [1.82, 2.24) is 14.7 Å². The standard InChI is InChI=1S/C23H22Cl2N4O2/c1-14-21(25)15(2)29(27-14)18-8-5-16(6-9-18)22(30)26-20-13-17(24)7-10-19(20)23(31)28-11-3-4-12-28/h5-10,13H,3-4,11-12H2,1-2H3,(H,26,30). The Kier molecular flexibility index (Phi) is 6.03. The van der Waals surface area contributed by atoms with Crippen LogP contribution in [0.1, 0.15) is 44.9 Å². The van der Waals surface area contributed by atoms with Gasteiger partial charge in [0.2, 0.25) is 0 Å². The number of amides is 2. The van der Waals surface area contributed by atoms with Crippen molar-refractivity contribution >= 4 is 40.7 Å². The fourth-order valence-electron chi connectivity index (χ4n) is 3.72. The second-order valence-corrected chi connectivity index (χ2v) is 8.40. The van der Waals surface area contributed by atoms with Gasteiger partial charge in [-0.2, -0.15) is 5.10 Å². The number of hydrogen-bond donors (Lipinski definition) is 1. The van der Waals surface area contributed by atoms with E-state index >= 15 is 0 Å². The van der Waals surface area contributed by atoms with Crippen molar-refractivity contribution < 1.29 is 9.59 Å². The van der Waals surface area contributed by atoms with Gasteiger partial charge < -0.3 is 10.2 Å². The second-order valence-electron chi connectivity index (χ2n) is 7.59. The molecule has 2 aromatic carbocycles. The molecule has 1 aliphatic rings. The minimum atomic E-state index is -0.323. The number of halogens is 2. The van der Waals surface area contributed by atoms with E-state index in [0.29, 0.717) is 26.9 Å². The van der Waals surface area contributed by atoms with Crippen LogP contribution in [0.3, 0.4) is 0 Å². The van der Waals surface area contributed by atoms with Gasteiger partial charge in [-0.3, -0.25) is 9.59 Å². The van der Waals surface area contributed by atoms with Crippen LogP contribution in [0.5, 0.6) is 0 Å². The van der Waals surface area contributed by atoms with Crippen molar-refractivity contribution in [3.05, 3.63) is 75.0 Å². The lowest BCUT2D eigenvalue weighted by atomic mass is 10.1. The summed E-state index contributed by atoms with van der Waals surface area (Å²) in [7, 11) is 0. The van der Waals surface area contributed by atoms with E-state index in [-0.39, 0.29) is 11.8 Å². The fraction of sp³-hybridized carbons (Fsp3) is 0.261. The Morgan fingerprint density at radius 3 is 2.29 bits per heavy atom. The molecule has 0 unspecified atom stereocenters. The molecule has 2 heterocycles. The summed E-state index contributed by atoms with van der Waals surface area (Å²) in [4.78, 5) is 27.5. The highest BCUT2D eigenvalue weighted by Gasteiger charge is 2.23. The summed E-state index contributed by atoms with van der Waals surface area (Å²) < 4.78 is 1.74. The summed E-state index contributed by atoms with van der Waals surface area (Å²) in [6, 6.07) is 12.0. The summed E-state index contributed by atoms with van der Waals surface area (Å²) in [5.74, 6) is -0.420. The summed E-state index contributed by atoms with van der Waals surface area (Å²) >= 11 is 12.4. The maximum absolute atomic E-state index is 12.9. The molecule has 6 nitrogen and oxygen atoms in total. The SMILES string of the molecule is Cc1nn(-c2ccc(C(=O)Nc3cc(Cl)ccc3C(=O)N3CCCC3)cc2)c(C)c1Cl. The maximum Gasteiger partial charge on any atom is 0.255 e. The molecule has 8 heteroatoms. The molecule has 1 aliphatic heterocycles. The number of carbonyl (C=O) groups excluding carboxylic acids is 2. The van der Waals surface area contributed by atoms with E-state index in [0.717, 1.165) is 43.0 Å².